The third-order valence-corrected chi connectivity index (χ3v) is 5.19. The zero-order valence-corrected chi connectivity index (χ0v) is 12.0. The van der Waals surface area contributed by atoms with Crippen LogP contribution in [-0.2, 0) is 4.79 Å². The van der Waals surface area contributed by atoms with Crippen molar-refractivity contribution in [1.82, 2.24) is 0 Å². The summed E-state index contributed by atoms with van der Waals surface area (Å²) in [6.07, 6.45) is -0.120. The molecule has 0 aromatic heterocycles. The molecule has 0 aliphatic rings. The first-order chi connectivity index (χ1) is 9.28. The van der Waals surface area contributed by atoms with Gasteiger partial charge in [-0.25, -0.2) is 0 Å². The number of anilines is 1. The van der Waals surface area contributed by atoms with Gasteiger partial charge < -0.3 is 5.32 Å². The lowest BCUT2D eigenvalue weighted by Gasteiger charge is -2.31. The highest BCUT2D eigenvalue weighted by atomic mass is 35.5. The molecule has 1 aromatic rings. The van der Waals surface area contributed by atoms with Crippen molar-refractivity contribution in [2.24, 2.45) is 0 Å². The van der Waals surface area contributed by atoms with E-state index >= 15 is 0 Å². The summed E-state index contributed by atoms with van der Waals surface area (Å²) in [6.45, 7) is 0. The van der Waals surface area contributed by atoms with Crippen molar-refractivity contribution in [2.45, 2.75) is 11.9 Å². The smallest absolute Gasteiger partial charge is 0.325 e. The third-order valence-electron chi connectivity index (χ3n) is 2.43. The van der Waals surface area contributed by atoms with Crippen molar-refractivity contribution in [3.63, 3.8) is 0 Å². The molecular weight excluding hydrogens is 318 g/mol. The highest BCUT2D eigenvalue weighted by Crippen LogP contribution is 2.63. The van der Waals surface area contributed by atoms with E-state index in [1.165, 1.54) is 12.1 Å². The van der Waals surface area contributed by atoms with Gasteiger partial charge in [0.15, 0.2) is 0 Å². The van der Waals surface area contributed by atoms with Gasteiger partial charge in [0, 0.05) is 27.7 Å². The standard InChI is InChI=1S/C12H14ClF4NOS/c13-7-4-8-20(17,12(14,15)16)9-11(19)18-10-5-2-1-3-6-10/h1-3,5-6H,4,7-9H2,(H,18,19). The fraction of sp³-hybridized carbons (Fsp3) is 0.417. The van der Waals surface area contributed by atoms with Crippen LogP contribution >= 0.6 is 22.0 Å². The lowest BCUT2D eigenvalue weighted by atomic mass is 10.3. The molecule has 0 aliphatic carbocycles. The Balaban J connectivity index is 2.72. The summed E-state index contributed by atoms with van der Waals surface area (Å²) in [7, 11) is -4.53. The quantitative estimate of drug-likeness (QED) is 0.605. The molecule has 0 spiro atoms. The van der Waals surface area contributed by atoms with Gasteiger partial charge in [0.2, 0.25) is 5.91 Å². The maximum Gasteiger partial charge on any atom is 0.451 e. The monoisotopic (exact) mass is 331 g/mol. The van der Waals surface area contributed by atoms with Crippen LogP contribution in [0.25, 0.3) is 0 Å². The highest BCUT2D eigenvalue weighted by Gasteiger charge is 2.51. The Labute approximate surface area is 121 Å². The second kappa shape index (κ2) is 7.17. The minimum Gasteiger partial charge on any atom is -0.325 e. The van der Waals surface area contributed by atoms with Crippen molar-refractivity contribution in [2.75, 3.05) is 22.7 Å². The summed E-state index contributed by atoms with van der Waals surface area (Å²) in [5.74, 6) is -3.00. The second-order valence-electron chi connectivity index (χ2n) is 4.04. The van der Waals surface area contributed by atoms with E-state index in [0.717, 1.165) is 0 Å². The maximum atomic E-state index is 14.1. The van der Waals surface area contributed by atoms with E-state index in [9.17, 15) is 21.9 Å². The van der Waals surface area contributed by atoms with Gasteiger partial charge >= 0.3 is 5.51 Å². The van der Waals surface area contributed by atoms with Gasteiger partial charge in [-0.05, 0) is 18.6 Å². The normalized spacial score (nSPS) is 16.2. The maximum absolute atomic E-state index is 14.1. The van der Waals surface area contributed by atoms with Crippen LogP contribution in [0.4, 0.5) is 22.7 Å². The van der Waals surface area contributed by atoms with Crippen molar-refractivity contribution >= 4 is 33.6 Å². The summed E-state index contributed by atoms with van der Waals surface area (Å²) >= 11 is 5.30. The van der Waals surface area contributed by atoms with Gasteiger partial charge in [-0.15, -0.1) is 11.6 Å². The largest absolute Gasteiger partial charge is 0.451 e. The molecule has 0 fully saturated rings. The summed E-state index contributed by atoms with van der Waals surface area (Å²) in [5.41, 5.74) is -4.69. The Morgan fingerprint density at radius 1 is 1.25 bits per heavy atom. The lowest BCUT2D eigenvalue weighted by molar-refractivity contribution is -0.114. The van der Waals surface area contributed by atoms with E-state index in [1.54, 1.807) is 18.2 Å². The summed E-state index contributed by atoms with van der Waals surface area (Å²) in [6, 6.07) is 7.94. The fourth-order valence-corrected chi connectivity index (χ4v) is 3.40. The molecule has 0 aliphatic heterocycles. The number of carbonyl (C=O) groups excluding carboxylic acids is 1. The molecule has 1 atom stereocenters. The van der Waals surface area contributed by atoms with Crippen LogP contribution in [0.5, 0.6) is 0 Å². The molecule has 0 radical (unpaired) electrons. The SMILES string of the molecule is O=C(CS(F)(CCCCl)C(F)(F)F)Nc1ccccc1. The molecule has 0 bridgehead atoms. The number of hydrogen-bond donors (Lipinski definition) is 1. The zero-order chi connectivity index (χ0) is 15.2. The third kappa shape index (κ3) is 4.86. The Bertz CT molecular complexity index is 443. The zero-order valence-electron chi connectivity index (χ0n) is 10.4. The van der Waals surface area contributed by atoms with Gasteiger partial charge in [-0.1, -0.05) is 18.2 Å². The van der Waals surface area contributed by atoms with Crippen molar-refractivity contribution in [1.29, 1.82) is 0 Å². The molecule has 0 heterocycles. The molecule has 0 saturated carbocycles. The van der Waals surface area contributed by atoms with E-state index in [1.807, 2.05) is 0 Å². The average Bonchev–Trinajstić information content (AvgIpc) is 2.36. The molecular formula is C12H14ClF4NOS. The first-order valence-corrected chi connectivity index (χ1v) is 8.14. The fourth-order valence-electron chi connectivity index (χ4n) is 1.48. The van der Waals surface area contributed by atoms with Gasteiger partial charge in [0.25, 0.3) is 0 Å². The lowest BCUT2D eigenvalue weighted by Crippen LogP contribution is -2.29. The van der Waals surface area contributed by atoms with Gasteiger partial charge in [-0.2, -0.15) is 17.1 Å². The minimum atomic E-state index is -5.02. The number of para-hydroxylation sites is 1. The molecule has 20 heavy (non-hydrogen) atoms. The predicted octanol–water partition coefficient (Wildman–Crippen LogP) is 4.46. The number of hydrogen-bond acceptors (Lipinski definition) is 1. The van der Waals surface area contributed by atoms with Crippen LogP contribution < -0.4 is 5.32 Å². The molecule has 1 rings (SSSR count). The highest BCUT2D eigenvalue weighted by molar-refractivity contribution is 8.30. The van der Waals surface area contributed by atoms with Gasteiger partial charge in [-0.3, -0.25) is 4.79 Å². The van der Waals surface area contributed by atoms with Gasteiger partial charge in [0.05, 0.1) is 5.75 Å². The van der Waals surface area contributed by atoms with Crippen molar-refractivity contribution in [3.05, 3.63) is 30.3 Å². The molecule has 8 heteroatoms. The van der Waals surface area contributed by atoms with Crippen LogP contribution in [0.1, 0.15) is 6.42 Å². The summed E-state index contributed by atoms with van der Waals surface area (Å²) in [4.78, 5) is 11.6. The number of nitrogens with one attached hydrogen (secondary N) is 1. The van der Waals surface area contributed by atoms with Crippen LogP contribution in [-0.4, -0.2) is 28.8 Å². The Kier molecular flexibility index (Phi) is 6.13. The number of halogens is 5. The molecule has 1 amide bonds. The Morgan fingerprint density at radius 2 is 1.85 bits per heavy atom. The van der Waals surface area contributed by atoms with E-state index in [-0.39, 0.29) is 12.3 Å². The first-order valence-electron chi connectivity index (χ1n) is 5.74. The minimum absolute atomic E-state index is 0.0744. The molecule has 1 aromatic carbocycles. The number of benzene rings is 1. The van der Waals surface area contributed by atoms with E-state index in [2.05, 4.69) is 5.32 Å². The van der Waals surface area contributed by atoms with E-state index < -0.39 is 33.3 Å². The van der Waals surface area contributed by atoms with Crippen LogP contribution in [0.2, 0.25) is 0 Å². The number of carbonyl (C=O) groups is 1. The Morgan fingerprint density at radius 3 is 2.35 bits per heavy atom. The molecule has 2 nitrogen and oxygen atoms in total. The van der Waals surface area contributed by atoms with E-state index in [0.29, 0.717) is 5.69 Å². The first kappa shape index (κ1) is 17.1. The second-order valence-corrected chi connectivity index (χ2v) is 7.15. The summed E-state index contributed by atoms with van der Waals surface area (Å²) < 4.78 is 52.4. The Hall–Kier alpha value is -0.950. The topological polar surface area (TPSA) is 29.1 Å². The predicted molar refractivity (Wildman–Crippen MR) is 74.9 cm³/mol. The number of amides is 1. The van der Waals surface area contributed by atoms with Crippen LogP contribution in [0.15, 0.2) is 30.3 Å². The van der Waals surface area contributed by atoms with Crippen molar-refractivity contribution < 1.29 is 21.9 Å². The summed E-state index contributed by atoms with van der Waals surface area (Å²) in [5, 5.41) is 2.26. The van der Waals surface area contributed by atoms with E-state index in [4.69, 9.17) is 11.6 Å². The van der Waals surface area contributed by atoms with Gasteiger partial charge in [0.1, 0.15) is 0 Å². The van der Waals surface area contributed by atoms with Crippen LogP contribution in [0.3, 0.4) is 0 Å². The molecule has 1 N–H and O–H groups in total. The van der Waals surface area contributed by atoms with Crippen LogP contribution in [0, 0.1) is 0 Å². The molecule has 114 valence electrons. The molecule has 1 unspecified atom stereocenters. The molecule has 0 saturated heterocycles. The number of rotatable bonds is 6. The number of alkyl halides is 4. The van der Waals surface area contributed by atoms with Crippen molar-refractivity contribution in [3.8, 4) is 0 Å². The average molecular weight is 332 g/mol.